The van der Waals surface area contributed by atoms with Crippen LogP contribution >= 0.6 is 12.4 Å². The highest BCUT2D eigenvalue weighted by molar-refractivity contribution is 5.94. The third kappa shape index (κ3) is 3.10. The highest BCUT2D eigenvalue weighted by Crippen LogP contribution is 2.19. The van der Waals surface area contributed by atoms with Crippen LogP contribution in [0.25, 0.3) is 0 Å². The maximum absolute atomic E-state index is 12.5. The molecule has 0 spiro atoms. The summed E-state index contributed by atoms with van der Waals surface area (Å²) in [6, 6.07) is 6.15. The second kappa shape index (κ2) is 6.40. The van der Waals surface area contributed by atoms with Crippen LogP contribution < -0.4 is 5.32 Å². The van der Waals surface area contributed by atoms with Gasteiger partial charge in [0.05, 0.1) is 0 Å². The zero-order chi connectivity index (χ0) is 12.4. The van der Waals surface area contributed by atoms with E-state index in [-0.39, 0.29) is 18.3 Å². The second-order valence-corrected chi connectivity index (χ2v) is 5.29. The van der Waals surface area contributed by atoms with Crippen molar-refractivity contribution in [2.24, 2.45) is 0 Å². The van der Waals surface area contributed by atoms with E-state index in [2.05, 4.69) is 17.4 Å². The molecule has 3 rings (SSSR count). The molecule has 3 nitrogen and oxygen atoms in total. The predicted molar refractivity (Wildman–Crippen MR) is 78.6 cm³/mol. The molecular weight excluding hydrogens is 260 g/mol. The molecule has 0 atom stereocenters. The van der Waals surface area contributed by atoms with E-state index in [1.807, 2.05) is 11.0 Å². The molecule has 0 radical (unpaired) electrons. The van der Waals surface area contributed by atoms with E-state index in [0.717, 1.165) is 44.6 Å². The van der Waals surface area contributed by atoms with Gasteiger partial charge in [0, 0.05) is 31.7 Å². The molecule has 2 aliphatic heterocycles. The Morgan fingerprint density at radius 3 is 2.42 bits per heavy atom. The first kappa shape index (κ1) is 14.4. The van der Waals surface area contributed by atoms with Crippen LogP contribution in [0.1, 0.15) is 47.2 Å². The normalized spacial score (nSPS) is 18.4. The lowest BCUT2D eigenvalue weighted by atomic mass is 10.1. The summed E-state index contributed by atoms with van der Waals surface area (Å²) in [5.41, 5.74) is 3.48. The number of likely N-dealkylation sites (tertiary alicyclic amines) is 1. The Hall–Kier alpha value is -1.06. The molecule has 2 aliphatic rings. The summed E-state index contributed by atoms with van der Waals surface area (Å²) in [6.07, 6.45) is 4.83. The minimum atomic E-state index is 0. The van der Waals surface area contributed by atoms with Crippen LogP contribution in [0.15, 0.2) is 18.2 Å². The molecule has 4 heteroatoms. The summed E-state index contributed by atoms with van der Waals surface area (Å²) in [5, 5.41) is 3.32. The summed E-state index contributed by atoms with van der Waals surface area (Å²) in [6.45, 7) is 3.69. The van der Waals surface area contributed by atoms with Crippen molar-refractivity contribution in [2.45, 2.75) is 38.8 Å². The van der Waals surface area contributed by atoms with Gasteiger partial charge in [0.15, 0.2) is 0 Å². The highest BCUT2D eigenvalue weighted by atomic mass is 35.5. The lowest BCUT2D eigenvalue weighted by Crippen LogP contribution is -2.31. The largest absolute Gasteiger partial charge is 0.339 e. The quantitative estimate of drug-likeness (QED) is 0.858. The highest BCUT2D eigenvalue weighted by Gasteiger charge is 2.19. The SMILES string of the molecule is Cl.O=C(c1ccc2c(c1)CNC2)N1CCCCCC1. The predicted octanol–water partition coefficient (Wildman–Crippen LogP) is 2.73. The van der Waals surface area contributed by atoms with Crippen LogP contribution in [-0.4, -0.2) is 23.9 Å². The standard InChI is InChI=1S/C15H20N2O.ClH/c18-15(17-7-3-1-2-4-8-17)12-5-6-13-10-16-11-14(13)9-12;/h5-6,9,16H,1-4,7-8,10-11H2;1H. The number of carbonyl (C=O) groups is 1. The molecular formula is C15H21ClN2O. The number of amides is 1. The van der Waals surface area contributed by atoms with E-state index in [1.54, 1.807) is 0 Å². The van der Waals surface area contributed by atoms with Crippen LogP contribution in [0.3, 0.4) is 0 Å². The number of rotatable bonds is 1. The maximum atomic E-state index is 12.5. The molecule has 1 aromatic carbocycles. The zero-order valence-corrected chi connectivity index (χ0v) is 12.0. The number of hydrogen-bond acceptors (Lipinski definition) is 2. The number of carbonyl (C=O) groups excluding carboxylic acids is 1. The van der Waals surface area contributed by atoms with Crippen molar-refractivity contribution < 1.29 is 4.79 Å². The lowest BCUT2D eigenvalue weighted by molar-refractivity contribution is 0.0761. The van der Waals surface area contributed by atoms with Crippen LogP contribution in [0.4, 0.5) is 0 Å². The molecule has 19 heavy (non-hydrogen) atoms. The van der Waals surface area contributed by atoms with E-state index in [4.69, 9.17) is 0 Å². The summed E-state index contributed by atoms with van der Waals surface area (Å²) in [7, 11) is 0. The number of nitrogens with one attached hydrogen (secondary N) is 1. The number of nitrogens with zero attached hydrogens (tertiary/aromatic N) is 1. The van der Waals surface area contributed by atoms with Crippen molar-refractivity contribution in [3.05, 3.63) is 34.9 Å². The first-order valence-corrected chi connectivity index (χ1v) is 6.96. The van der Waals surface area contributed by atoms with Crippen molar-refractivity contribution in [1.82, 2.24) is 10.2 Å². The van der Waals surface area contributed by atoms with Crippen molar-refractivity contribution in [3.8, 4) is 0 Å². The molecule has 1 fully saturated rings. The minimum Gasteiger partial charge on any atom is -0.339 e. The second-order valence-electron chi connectivity index (χ2n) is 5.29. The fraction of sp³-hybridized carbons (Fsp3) is 0.533. The fourth-order valence-electron chi connectivity index (χ4n) is 2.88. The van der Waals surface area contributed by atoms with Crippen LogP contribution in [0.2, 0.25) is 0 Å². The zero-order valence-electron chi connectivity index (χ0n) is 11.2. The van der Waals surface area contributed by atoms with Gasteiger partial charge in [-0.2, -0.15) is 0 Å². The van der Waals surface area contributed by atoms with Crippen LogP contribution in [0.5, 0.6) is 0 Å². The molecule has 0 bridgehead atoms. The van der Waals surface area contributed by atoms with E-state index in [0.29, 0.717) is 0 Å². The summed E-state index contributed by atoms with van der Waals surface area (Å²) < 4.78 is 0. The van der Waals surface area contributed by atoms with Crippen LogP contribution in [-0.2, 0) is 13.1 Å². The molecule has 2 heterocycles. The summed E-state index contributed by atoms with van der Waals surface area (Å²) in [4.78, 5) is 14.5. The summed E-state index contributed by atoms with van der Waals surface area (Å²) >= 11 is 0. The lowest BCUT2D eigenvalue weighted by Gasteiger charge is -2.20. The Labute approximate surface area is 120 Å². The molecule has 1 N–H and O–H groups in total. The van der Waals surface area contributed by atoms with Gasteiger partial charge in [-0.15, -0.1) is 12.4 Å². The van der Waals surface area contributed by atoms with E-state index < -0.39 is 0 Å². The van der Waals surface area contributed by atoms with Crippen molar-refractivity contribution >= 4 is 18.3 Å². The Balaban J connectivity index is 0.00000133. The van der Waals surface area contributed by atoms with Crippen molar-refractivity contribution in [2.75, 3.05) is 13.1 Å². The Morgan fingerprint density at radius 1 is 1.00 bits per heavy atom. The molecule has 0 saturated carbocycles. The van der Waals surface area contributed by atoms with Gasteiger partial charge in [-0.3, -0.25) is 4.79 Å². The van der Waals surface area contributed by atoms with Crippen LogP contribution in [0, 0.1) is 0 Å². The van der Waals surface area contributed by atoms with Gasteiger partial charge >= 0.3 is 0 Å². The van der Waals surface area contributed by atoms with Gasteiger partial charge < -0.3 is 10.2 Å². The van der Waals surface area contributed by atoms with Crippen molar-refractivity contribution in [3.63, 3.8) is 0 Å². The van der Waals surface area contributed by atoms with E-state index >= 15 is 0 Å². The van der Waals surface area contributed by atoms with Gasteiger partial charge in [0.1, 0.15) is 0 Å². The summed E-state index contributed by atoms with van der Waals surface area (Å²) in [5.74, 6) is 0.214. The smallest absolute Gasteiger partial charge is 0.253 e. The van der Waals surface area contributed by atoms with Crippen molar-refractivity contribution in [1.29, 1.82) is 0 Å². The third-order valence-corrected chi connectivity index (χ3v) is 3.98. The fourth-order valence-corrected chi connectivity index (χ4v) is 2.88. The first-order chi connectivity index (χ1) is 8.84. The third-order valence-electron chi connectivity index (χ3n) is 3.98. The minimum absolute atomic E-state index is 0. The number of fused-ring (bicyclic) bond motifs is 1. The molecule has 0 aromatic heterocycles. The topological polar surface area (TPSA) is 32.3 Å². The first-order valence-electron chi connectivity index (χ1n) is 6.96. The van der Waals surface area contributed by atoms with E-state index in [1.165, 1.54) is 24.0 Å². The number of benzene rings is 1. The Bertz CT molecular complexity index is 453. The van der Waals surface area contributed by atoms with Gasteiger partial charge in [-0.05, 0) is 36.1 Å². The maximum Gasteiger partial charge on any atom is 0.253 e. The average Bonchev–Trinajstić information content (AvgIpc) is 2.69. The average molecular weight is 281 g/mol. The van der Waals surface area contributed by atoms with Gasteiger partial charge in [-0.1, -0.05) is 18.9 Å². The Kier molecular flexibility index (Phi) is 4.83. The molecule has 1 aromatic rings. The van der Waals surface area contributed by atoms with Gasteiger partial charge in [0.25, 0.3) is 5.91 Å². The molecule has 0 unspecified atom stereocenters. The monoisotopic (exact) mass is 280 g/mol. The molecule has 1 saturated heterocycles. The molecule has 104 valence electrons. The number of hydrogen-bond donors (Lipinski definition) is 1. The van der Waals surface area contributed by atoms with Gasteiger partial charge in [0.2, 0.25) is 0 Å². The number of halogens is 1. The van der Waals surface area contributed by atoms with E-state index in [9.17, 15) is 4.79 Å². The van der Waals surface area contributed by atoms with Gasteiger partial charge in [-0.25, -0.2) is 0 Å². The Morgan fingerprint density at radius 2 is 1.68 bits per heavy atom. The molecule has 0 aliphatic carbocycles. The molecule has 1 amide bonds.